The number of hydrogen-bond acceptors (Lipinski definition) is 3. The fourth-order valence-corrected chi connectivity index (χ4v) is 1.69. The van der Waals surface area contributed by atoms with E-state index in [1.807, 2.05) is 25.1 Å². The van der Waals surface area contributed by atoms with Crippen molar-refractivity contribution in [1.82, 2.24) is 0 Å². The van der Waals surface area contributed by atoms with E-state index in [4.69, 9.17) is 14.3 Å². The zero-order chi connectivity index (χ0) is 10.8. The molecule has 15 heavy (non-hydrogen) atoms. The molecule has 2 rings (SSSR count). The summed E-state index contributed by atoms with van der Waals surface area (Å²) in [7, 11) is 1.62. The van der Waals surface area contributed by atoms with Crippen molar-refractivity contribution < 1.29 is 14.3 Å². The number of methoxy groups -OCH3 is 1. The highest BCUT2D eigenvalue weighted by Crippen LogP contribution is 2.32. The molecule has 3 nitrogen and oxygen atoms in total. The fraction of sp³-hybridized carbons (Fsp3) is 0.333. The van der Waals surface area contributed by atoms with E-state index in [0.29, 0.717) is 0 Å². The quantitative estimate of drug-likeness (QED) is 0.839. The predicted octanol–water partition coefficient (Wildman–Crippen LogP) is 2.54. The monoisotopic (exact) mass is 206 g/mol. The van der Waals surface area contributed by atoms with Crippen LogP contribution in [0.1, 0.15) is 18.4 Å². The molecule has 1 unspecified atom stereocenters. The average molecular weight is 206 g/mol. The van der Waals surface area contributed by atoms with E-state index in [-0.39, 0.29) is 12.5 Å². The summed E-state index contributed by atoms with van der Waals surface area (Å²) < 4.78 is 10.7. The molecule has 0 aliphatic heterocycles. The first kappa shape index (κ1) is 10.1. The van der Waals surface area contributed by atoms with Gasteiger partial charge in [-0.2, -0.15) is 0 Å². The molecule has 0 saturated heterocycles. The highest BCUT2D eigenvalue weighted by atomic mass is 16.5. The van der Waals surface area contributed by atoms with Crippen LogP contribution in [-0.4, -0.2) is 18.8 Å². The Labute approximate surface area is 88.3 Å². The lowest BCUT2D eigenvalue weighted by molar-refractivity contribution is 0.273. The Morgan fingerprint density at radius 3 is 2.93 bits per heavy atom. The minimum Gasteiger partial charge on any atom is -0.493 e. The third kappa shape index (κ3) is 1.59. The summed E-state index contributed by atoms with van der Waals surface area (Å²) in [5.74, 6) is 0.808. The van der Waals surface area contributed by atoms with Crippen LogP contribution in [0.15, 0.2) is 28.9 Å². The molecule has 0 spiro atoms. The summed E-state index contributed by atoms with van der Waals surface area (Å²) in [6.07, 6.45) is 1.69. The highest BCUT2D eigenvalue weighted by molar-refractivity contribution is 5.86. The maximum Gasteiger partial charge on any atom is 0.175 e. The molecule has 80 valence electrons. The fourth-order valence-electron chi connectivity index (χ4n) is 1.69. The van der Waals surface area contributed by atoms with Crippen molar-refractivity contribution in [3.05, 3.63) is 30.0 Å². The molecule has 0 saturated carbocycles. The Hall–Kier alpha value is -1.48. The Morgan fingerprint density at radius 1 is 1.47 bits per heavy atom. The third-order valence-electron chi connectivity index (χ3n) is 2.62. The number of ether oxygens (including phenoxy) is 1. The van der Waals surface area contributed by atoms with Crippen LogP contribution < -0.4 is 4.74 Å². The zero-order valence-corrected chi connectivity index (χ0v) is 8.86. The van der Waals surface area contributed by atoms with Crippen LogP contribution in [0.25, 0.3) is 11.0 Å². The van der Waals surface area contributed by atoms with Gasteiger partial charge < -0.3 is 14.3 Å². The smallest absolute Gasteiger partial charge is 0.175 e. The van der Waals surface area contributed by atoms with E-state index >= 15 is 0 Å². The van der Waals surface area contributed by atoms with Gasteiger partial charge >= 0.3 is 0 Å². The molecule has 0 aliphatic carbocycles. The maximum atomic E-state index is 9.12. The SMILES string of the molecule is COc1cccc2c(C(C)CO)coc12. The maximum absolute atomic E-state index is 9.12. The molecule has 1 N–H and O–H groups in total. The van der Waals surface area contributed by atoms with Gasteiger partial charge in [-0.05, 0) is 6.07 Å². The predicted molar refractivity (Wildman–Crippen MR) is 58.3 cm³/mol. The molecule has 1 aromatic carbocycles. The Kier molecular flexibility index (Phi) is 2.64. The zero-order valence-electron chi connectivity index (χ0n) is 8.86. The first-order valence-corrected chi connectivity index (χ1v) is 4.93. The summed E-state index contributed by atoms with van der Waals surface area (Å²) in [6.45, 7) is 2.08. The largest absolute Gasteiger partial charge is 0.493 e. The van der Waals surface area contributed by atoms with Gasteiger partial charge in [0.15, 0.2) is 11.3 Å². The second-order valence-electron chi connectivity index (χ2n) is 3.61. The minimum atomic E-state index is 0.0818. The van der Waals surface area contributed by atoms with Crippen LogP contribution in [0.3, 0.4) is 0 Å². The molecule has 0 radical (unpaired) electrons. The van der Waals surface area contributed by atoms with Gasteiger partial charge in [0.05, 0.1) is 13.4 Å². The van der Waals surface area contributed by atoms with Crippen LogP contribution in [0.4, 0.5) is 0 Å². The van der Waals surface area contributed by atoms with Crippen molar-refractivity contribution in [2.45, 2.75) is 12.8 Å². The van der Waals surface area contributed by atoms with Crippen molar-refractivity contribution in [2.24, 2.45) is 0 Å². The molecule has 0 amide bonds. The number of hydrogen-bond donors (Lipinski definition) is 1. The van der Waals surface area contributed by atoms with Crippen LogP contribution in [-0.2, 0) is 0 Å². The van der Waals surface area contributed by atoms with Gasteiger partial charge in [0.2, 0.25) is 0 Å². The molecule has 3 heteroatoms. The van der Waals surface area contributed by atoms with E-state index in [2.05, 4.69) is 0 Å². The number of para-hydroxylation sites is 1. The first-order chi connectivity index (χ1) is 7.27. The minimum absolute atomic E-state index is 0.0818. The molecule has 1 heterocycles. The van der Waals surface area contributed by atoms with Gasteiger partial charge in [-0.15, -0.1) is 0 Å². The molecule has 0 bridgehead atoms. The molecule has 1 atom stereocenters. The normalized spacial score (nSPS) is 13.0. The summed E-state index contributed by atoms with van der Waals surface area (Å²) >= 11 is 0. The summed E-state index contributed by atoms with van der Waals surface area (Å²) in [5, 5.41) is 10.1. The lowest BCUT2D eigenvalue weighted by atomic mass is 10.0. The van der Waals surface area contributed by atoms with Gasteiger partial charge in [0, 0.05) is 23.5 Å². The molecule has 0 fully saturated rings. The van der Waals surface area contributed by atoms with Crippen LogP contribution in [0.5, 0.6) is 5.75 Å². The lowest BCUT2D eigenvalue weighted by Gasteiger charge is -2.05. The number of rotatable bonds is 3. The van der Waals surface area contributed by atoms with E-state index in [9.17, 15) is 0 Å². The van der Waals surface area contributed by atoms with E-state index in [0.717, 1.165) is 22.3 Å². The van der Waals surface area contributed by atoms with Crippen molar-refractivity contribution in [3.63, 3.8) is 0 Å². The van der Waals surface area contributed by atoms with Crippen molar-refractivity contribution >= 4 is 11.0 Å². The standard InChI is InChI=1S/C12H14O3/c1-8(6-13)10-7-15-12-9(10)4-3-5-11(12)14-2/h3-5,7-8,13H,6H2,1-2H3. The number of furan rings is 1. The Balaban J connectivity index is 2.60. The molecule has 1 aromatic heterocycles. The van der Waals surface area contributed by atoms with Gasteiger partial charge in [-0.3, -0.25) is 0 Å². The van der Waals surface area contributed by atoms with Crippen molar-refractivity contribution in [1.29, 1.82) is 0 Å². The van der Waals surface area contributed by atoms with Gasteiger partial charge in [-0.25, -0.2) is 0 Å². The van der Waals surface area contributed by atoms with Crippen LogP contribution in [0.2, 0.25) is 0 Å². The number of aliphatic hydroxyl groups is 1. The molecule has 2 aromatic rings. The van der Waals surface area contributed by atoms with Gasteiger partial charge in [0.25, 0.3) is 0 Å². The Bertz CT molecular complexity index is 459. The van der Waals surface area contributed by atoms with E-state index < -0.39 is 0 Å². The first-order valence-electron chi connectivity index (χ1n) is 4.93. The second kappa shape index (κ2) is 3.95. The lowest BCUT2D eigenvalue weighted by Crippen LogP contribution is -1.97. The summed E-state index contributed by atoms with van der Waals surface area (Å²) in [5.41, 5.74) is 1.77. The number of benzene rings is 1. The van der Waals surface area contributed by atoms with Crippen molar-refractivity contribution in [2.75, 3.05) is 13.7 Å². The summed E-state index contributed by atoms with van der Waals surface area (Å²) in [6, 6.07) is 5.76. The third-order valence-corrected chi connectivity index (χ3v) is 2.62. The second-order valence-corrected chi connectivity index (χ2v) is 3.61. The molecular formula is C12H14O3. The van der Waals surface area contributed by atoms with Crippen LogP contribution >= 0.6 is 0 Å². The van der Waals surface area contributed by atoms with Gasteiger partial charge in [-0.1, -0.05) is 19.1 Å². The summed E-state index contributed by atoms with van der Waals surface area (Å²) in [4.78, 5) is 0. The topological polar surface area (TPSA) is 42.6 Å². The van der Waals surface area contributed by atoms with Crippen LogP contribution in [0, 0.1) is 0 Å². The highest BCUT2D eigenvalue weighted by Gasteiger charge is 2.14. The van der Waals surface area contributed by atoms with E-state index in [1.165, 1.54) is 0 Å². The van der Waals surface area contributed by atoms with E-state index in [1.54, 1.807) is 13.4 Å². The molecular weight excluding hydrogens is 192 g/mol. The van der Waals surface area contributed by atoms with Crippen molar-refractivity contribution in [3.8, 4) is 5.75 Å². The molecule has 0 aliphatic rings. The van der Waals surface area contributed by atoms with Gasteiger partial charge in [0.1, 0.15) is 0 Å². The number of aliphatic hydroxyl groups excluding tert-OH is 1. The Morgan fingerprint density at radius 2 is 2.27 bits per heavy atom. The number of fused-ring (bicyclic) bond motifs is 1. The average Bonchev–Trinajstić information content (AvgIpc) is 2.71.